The Morgan fingerprint density at radius 2 is 2.05 bits per heavy atom. The minimum atomic E-state index is -4.40. The Balaban J connectivity index is 2.79. The molecule has 0 spiro atoms. The number of halogens is 4. The van der Waals surface area contributed by atoms with E-state index in [0.29, 0.717) is 12.5 Å². The average Bonchev–Trinajstić information content (AvgIpc) is 2.33. The van der Waals surface area contributed by atoms with Crippen LogP contribution in [0.4, 0.5) is 13.2 Å². The maximum Gasteiger partial charge on any atom is 0.416 e. The van der Waals surface area contributed by atoms with Crippen LogP contribution in [0.1, 0.15) is 25.0 Å². The van der Waals surface area contributed by atoms with Gasteiger partial charge in [-0.2, -0.15) is 13.2 Å². The lowest BCUT2D eigenvalue weighted by Gasteiger charge is -2.10. The van der Waals surface area contributed by atoms with E-state index < -0.39 is 11.7 Å². The van der Waals surface area contributed by atoms with Crippen molar-refractivity contribution >= 4 is 17.6 Å². The Labute approximate surface area is 121 Å². The molecule has 1 aromatic carbocycles. The van der Waals surface area contributed by atoms with Crippen molar-refractivity contribution in [2.45, 2.75) is 26.6 Å². The summed E-state index contributed by atoms with van der Waals surface area (Å²) in [6.07, 6.45) is -4.40. The summed E-state index contributed by atoms with van der Waals surface area (Å²) in [5.74, 6) is 0.577. The summed E-state index contributed by atoms with van der Waals surface area (Å²) < 4.78 is 37.8. The van der Waals surface area contributed by atoms with Crippen LogP contribution < -0.4 is 11.1 Å². The predicted octanol–water partition coefficient (Wildman–Crippen LogP) is 3.42. The van der Waals surface area contributed by atoms with E-state index in [-0.39, 0.29) is 23.1 Å². The first-order chi connectivity index (χ1) is 9.20. The molecule has 0 bridgehead atoms. The highest BCUT2D eigenvalue weighted by atomic mass is 35.5. The zero-order valence-corrected chi connectivity index (χ0v) is 12.0. The van der Waals surface area contributed by atoms with Gasteiger partial charge >= 0.3 is 6.18 Å². The molecule has 0 aromatic heterocycles. The van der Waals surface area contributed by atoms with Gasteiger partial charge in [-0.1, -0.05) is 25.4 Å². The summed E-state index contributed by atoms with van der Waals surface area (Å²) >= 11 is 5.86. The zero-order valence-electron chi connectivity index (χ0n) is 11.3. The maximum absolute atomic E-state index is 12.6. The molecule has 0 saturated heterocycles. The van der Waals surface area contributed by atoms with Crippen molar-refractivity contribution in [2.75, 3.05) is 6.54 Å². The van der Waals surface area contributed by atoms with Gasteiger partial charge in [0, 0.05) is 11.6 Å². The molecule has 0 fully saturated rings. The van der Waals surface area contributed by atoms with E-state index >= 15 is 0 Å². The van der Waals surface area contributed by atoms with E-state index in [1.165, 1.54) is 6.07 Å². The maximum atomic E-state index is 12.6. The summed E-state index contributed by atoms with van der Waals surface area (Å²) in [7, 11) is 0. The van der Waals surface area contributed by atoms with Crippen LogP contribution in [-0.2, 0) is 12.7 Å². The number of aliphatic imine (C=N–C) groups is 1. The fraction of sp³-hybridized carbons (Fsp3) is 0.462. The Morgan fingerprint density at radius 1 is 1.40 bits per heavy atom. The second-order valence-corrected chi connectivity index (χ2v) is 5.19. The lowest BCUT2D eigenvalue weighted by atomic mass is 10.1. The quantitative estimate of drug-likeness (QED) is 0.661. The van der Waals surface area contributed by atoms with Crippen molar-refractivity contribution in [3.8, 4) is 0 Å². The summed E-state index contributed by atoms with van der Waals surface area (Å²) in [5, 5.41) is 3.11. The first-order valence-electron chi connectivity index (χ1n) is 6.09. The first kappa shape index (κ1) is 16.6. The van der Waals surface area contributed by atoms with E-state index in [1.54, 1.807) is 0 Å². The van der Waals surface area contributed by atoms with Crippen molar-refractivity contribution in [3.05, 3.63) is 34.3 Å². The number of nitrogens with zero attached hydrogens (tertiary/aromatic N) is 1. The highest BCUT2D eigenvalue weighted by molar-refractivity contribution is 6.31. The van der Waals surface area contributed by atoms with Crippen molar-refractivity contribution in [3.63, 3.8) is 0 Å². The van der Waals surface area contributed by atoms with Crippen LogP contribution in [0, 0.1) is 5.92 Å². The van der Waals surface area contributed by atoms with Crippen LogP contribution >= 0.6 is 11.6 Å². The minimum absolute atomic E-state index is 0.000316. The summed E-state index contributed by atoms with van der Waals surface area (Å²) in [5.41, 5.74) is 5.16. The molecule has 112 valence electrons. The molecular formula is C13H17ClF3N3. The van der Waals surface area contributed by atoms with Gasteiger partial charge in [0.25, 0.3) is 0 Å². The molecule has 3 N–H and O–H groups in total. The van der Waals surface area contributed by atoms with E-state index in [4.69, 9.17) is 17.3 Å². The lowest BCUT2D eigenvalue weighted by Crippen LogP contribution is -2.34. The first-order valence-corrected chi connectivity index (χ1v) is 6.47. The van der Waals surface area contributed by atoms with Crippen molar-refractivity contribution in [1.82, 2.24) is 5.32 Å². The van der Waals surface area contributed by atoms with Gasteiger partial charge in [0.05, 0.1) is 12.1 Å². The third-order valence-electron chi connectivity index (χ3n) is 2.48. The Kier molecular flexibility index (Phi) is 5.68. The number of hydrogen-bond acceptors (Lipinski definition) is 1. The van der Waals surface area contributed by atoms with Crippen molar-refractivity contribution < 1.29 is 13.2 Å². The predicted molar refractivity (Wildman–Crippen MR) is 74.6 cm³/mol. The van der Waals surface area contributed by atoms with Gasteiger partial charge in [-0.3, -0.25) is 0 Å². The van der Waals surface area contributed by atoms with Crippen LogP contribution in [0.3, 0.4) is 0 Å². The smallest absolute Gasteiger partial charge is 0.370 e. The van der Waals surface area contributed by atoms with Crippen LogP contribution in [0.5, 0.6) is 0 Å². The molecule has 0 unspecified atom stereocenters. The number of alkyl halides is 3. The molecule has 7 heteroatoms. The molecule has 0 radical (unpaired) electrons. The Hall–Kier alpha value is -1.43. The number of hydrogen-bond donors (Lipinski definition) is 2. The topological polar surface area (TPSA) is 50.4 Å². The molecule has 0 aliphatic carbocycles. The summed E-state index contributed by atoms with van der Waals surface area (Å²) in [4.78, 5) is 3.98. The van der Waals surface area contributed by atoms with Gasteiger partial charge in [-0.25, -0.2) is 4.99 Å². The largest absolute Gasteiger partial charge is 0.416 e. The number of guanidine groups is 1. The van der Waals surface area contributed by atoms with Gasteiger partial charge in [0.15, 0.2) is 5.96 Å². The van der Waals surface area contributed by atoms with E-state index in [9.17, 15) is 13.2 Å². The standard InChI is InChI=1S/C13H17ClF3N3/c1-8(2)6-19-12(18)20-7-9-5-10(13(15,16)17)3-4-11(9)14/h3-5,8H,6-7H2,1-2H3,(H3,18,19,20). The number of nitrogens with one attached hydrogen (secondary N) is 1. The van der Waals surface area contributed by atoms with Gasteiger partial charge in [-0.05, 0) is 29.7 Å². The summed E-state index contributed by atoms with van der Waals surface area (Å²) in [6.45, 7) is 4.65. The van der Waals surface area contributed by atoms with Crippen molar-refractivity contribution in [2.24, 2.45) is 16.6 Å². The van der Waals surface area contributed by atoms with Crippen LogP contribution in [0.2, 0.25) is 5.02 Å². The van der Waals surface area contributed by atoms with Gasteiger partial charge in [0.1, 0.15) is 0 Å². The third kappa shape index (κ3) is 5.28. The molecule has 0 amide bonds. The third-order valence-corrected chi connectivity index (χ3v) is 2.85. The molecule has 20 heavy (non-hydrogen) atoms. The highest BCUT2D eigenvalue weighted by Gasteiger charge is 2.30. The molecule has 0 heterocycles. The second kappa shape index (κ2) is 6.83. The van der Waals surface area contributed by atoms with Crippen LogP contribution in [0.15, 0.2) is 23.2 Å². The average molecular weight is 308 g/mol. The van der Waals surface area contributed by atoms with E-state index in [0.717, 1.165) is 12.1 Å². The van der Waals surface area contributed by atoms with Gasteiger partial charge in [0.2, 0.25) is 0 Å². The van der Waals surface area contributed by atoms with E-state index in [1.807, 2.05) is 13.8 Å². The van der Waals surface area contributed by atoms with E-state index in [2.05, 4.69) is 10.3 Å². The Morgan fingerprint density at radius 3 is 2.60 bits per heavy atom. The molecular weight excluding hydrogens is 291 g/mol. The van der Waals surface area contributed by atoms with Crippen molar-refractivity contribution in [1.29, 1.82) is 0 Å². The molecule has 0 aliphatic heterocycles. The lowest BCUT2D eigenvalue weighted by molar-refractivity contribution is -0.137. The molecule has 3 nitrogen and oxygen atoms in total. The fourth-order valence-electron chi connectivity index (χ4n) is 1.41. The SMILES string of the molecule is CC(C)CNC(N)=NCc1cc(C(F)(F)F)ccc1Cl. The number of nitrogens with two attached hydrogens (primary N) is 1. The number of benzene rings is 1. The summed E-state index contributed by atoms with van der Waals surface area (Å²) in [6, 6.07) is 3.14. The molecule has 1 rings (SSSR count). The minimum Gasteiger partial charge on any atom is -0.370 e. The number of rotatable bonds is 4. The van der Waals surface area contributed by atoms with Crippen LogP contribution in [0.25, 0.3) is 0 Å². The van der Waals surface area contributed by atoms with Gasteiger partial charge in [-0.15, -0.1) is 0 Å². The molecule has 1 aromatic rings. The zero-order chi connectivity index (χ0) is 15.3. The molecule has 0 saturated carbocycles. The highest BCUT2D eigenvalue weighted by Crippen LogP contribution is 2.31. The molecule has 0 aliphatic rings. The monoisotopic (exact) mass is 307 g/mol. The molecule has 0 atom stereocenters. The van der Waals surface area contributed by atoms with Crippen LogP contribution in [-0.4, -0.2) is 12.5 Å². The normalized spacial score (nSPS) is 12.8. The van der Waals surface area contributed by atoms with Gasteiger partial charge < -0.3 is 11.1 Å². The second-order valence-electron chi connectivity index (χ2n) is 4.78. The fourth-order valence-corrected chi connectivity index (χ4v) is 1.58. The Bertz CT molecular complexity index is 484.